The molecule has 7 heteroatoms. The van der Waals surface area contributed by atoms with Gasteiger partial charge in [0.15, 0.2) is 0 Å². The van der Waals surface area contributed by atoms with Crippen LogP contribution >= 0.6 is 11.3 Å². The van der Waals surface area contributed by atoms with Gasteiger partial charge in [0.25, 0.3) is 5.91 Å². The van der Waals surface area contributed by atoms with Gasteiger partial charge in [-0.1, -0.05) is 36.4 Å². The zero-order valence-electron chi connectivity index (χ0n) is 14.9. The Morgan fingerprint density at radius 2 is 1.93 bits per heavy atom. The maximum Gasteiger partial charge on any atom is 0.271 e. The largest absolute Gasteiger partial charge is 0.386 e. The zero-order valence-corrected chi connectivity index (χ0v) is 15.7. The lowest BCUT2D eigenvalue weighted by Gasteiger charge is -2.35. The summed E-state index contributed by atoms with van der Waals surface area (Å²) in [4.78, 5) is 17.8. The van der Waals surface area contributed by atoms with Crippen molar-refractivity contribution in [3.63, 3.8) is 0 Å². The fraction of sp³-hybridized carbons (Fsp3) is 0.300. The fourth-order valence-electron chi connectivity index (χ4n) is 3.31. The number of benzene rings is 1. The Kier molecular flexibility index (Phi) is 5.33. The van der Waals surface area contributed by atoms with E-state index in [1.807, 2.05) is 58.8 Å². The molecular weight excluding hydrogens is 360 g/mol. The van der Waals surface area contributed by atoms with Crippen molar-refractivity contribution in [1.82, 2.24) is 20.0 Å². The van der Waals surface area contributed by atoms with Gasteiger partial charge in [-0.05, 0) is 17.5 Å². The van der Waals surface area contributed by atoms with E-state index in [-0.39, 0.29) is 5.91 Å². The second-order valence-corrected chi connectivity index (χ2v) is 7.64. The molecule has 4 rings (SSSR count). The topological polar surface area (TPSA) is 72.5 Å². The molecule has 2 aromatic heterocycles. The second-order valence-electron chi connectivity index (χ2n) is 6.66. The number of H-pyrrole nitrogens is 1. The third-order valence-electron chi connectivity index (χ3n) is 4.84. The number of carbonyl (C=O) groups excluding carboxylic acids is 1. The molecule has 1 fully saturated rings. The normalized spacial score (nSPS) is 16.4. The molecule has 1 aliphatic rings. The van der Waals surface area contributed by atoms with Gasteiger partial charge in [-0.25, -0.2) is 0 Å². The number of aromatic amines is 1. The van der Waals surface area contributed by atoms with E-state index in [0.29, 0.717) is 25.3 Å². The molecule has 1 aliphatic heterocycles. The molecule has 27 heavy (non-hydrogen) atoms. The number of β-amino-alcohol motifs (C(OH)–C–C–N with tert-alkyl or cyclic N) is 1. The first-order valence-electron chi connectivity index (χ1n) is 9.04. The summed E-state index contributed by atoms with van der Waals surface area (Å²) in [6.07, 6.45) is -0.465. The Morgan fingerprint density at radius 1 is 1.15 bits per heavy atom. The molecule has 1 amide bonds. The van der Waals surface area contributed by atoms with Crippen LogP contribution in [0, 0.1) is 0 Å². The van der Waals surface area contributed by atoms with Crippen molar-refractivity contribution in [2.45, 2.75) is 6.10 Å². The number of aliphatic hydroxyl groups excluding tert-OH is 1. The molecule has 0 bridgehead atoms. The van der Waals surface area contributed by atoms with Gasteiger partial charge >= 0.3 is 0 Å². The molecule has 3 heterocycles. The molecule has 0 radical (unpaired) electrons. The molecule has 1 unspecified atom stereocenters. The summed E-state index contributed by atoms with van der Waals surface area (Å²) in [5, 5.41) is 19.4. The Bertz CT molecular complexity index is 871. The van der Waals surface area contributed by atoms with Crippen molar-refractivity contribution in [2.24, 2.45) is 0 Å². The third kappa shape index (κ3) is 4.10. The lowest BCUT2D eigenvalue weighted by Crippen LogP contribution is -2.49. The minimum absolute atomic E-state index is 0.0249. The number of rotatable bonds is 5. The second kappa shape index (κ2) is 8.04. The molecule has 0 aliphatic carbocycles. The van der Waals surface area contributed by atoms with Crippen molar-refractivity contribution >= 4 is 17.2 Å². The number of amides is 1. The molecule has 1 atom stereocenters. The van der Waals surface area contributed by atoms with Gasteiger partial charge in [0.05, 0.1) is 5.69 Å². The SMILES string of the molecule is O=C(c1cc(-c2ccccc2)n[nH]1)N1CCN(CC(O)c2cccs2)CC1. The number of carbonyl (C=O) groups is 1. The number of hydrogen-bond acceptors (Lipinski definition) is 5. The number of aliphatic hydroxyl groups is 1. The van der Waals surface area contributed by atoms with Gasteiger partial charge in [-0.2, -0.15) is 5.10 Å². The third-order valence-corrected chi connectivity index (χ3v) is 5.81. The van der Waals surface area contributed by atoms with Gasteiger partial charge in [-0.3, -0.25) is 14.8 Å². The van der Waals surface area contributed by atoms with E-state index >= 15 is 0 Å². The summed E-state index contributed by atoms with van der Waals surface area (Å²) in [6.45, 7) is 3.41. The van der Waals surface area contributed by atoms with E-state index < -0.39 is 6.10 Å². The predicted octanol–water partition coefficient (Wildman–Crippen LogP) is 2.63. The van der Waals surface area contributed by atoms with Crippen LogP contribution < -0.4 is 0 Å². The smallest absolute Gasteiger partial charge is 0.271 e. The molecule has 140 valence electrons. The summed E-state index contributed by atoms with van der Waals surface area (Å²) in [5.74, 6) is -0.0249. The van der Waals surface area contributed by atoms with E-state index in [2.05, 4.69) is 15.1 Å². The van der Waals surface area contributed by atoms with Crippen LogP contribution in [0.2, 0.25) is 0 Å². The van der Waals surface area contributed by atoms with Gasteiger partial charge in [0.2, 0.25) is 0 Å². The molecule has 0 saturated carbocycles. The lowest BCUT2D eigenvalue weighted by atomic mass is 10.1. The first-order chi connectivity index (χ1) is 13.2. The van der Waals surface area contributed by atoms with Crippen LogP contribution in [0.25, 0.3) is 11.3 Å². The van der Waals surface area contributed by atoms with Crippen molar-refractivity contribution in [2.75, 3.05) is 32.7 Å². The van der Waals surface area contributed by atoms with Crippen molar-refractivity contribution < 1.29 is 9.90 Å². The number of aromatic nitrogens is 2. The van der Waals surface area contributed by atoms with E-state index in [9.17, 15) is 9.90 Å². The first-order valence-corrected chi connectivity index (χ1v) is 9.92. The summed E-state index contributed by atoms with van der Waals surface area (Å²) >= 11 is 1.57. The van der Waals surface area contributed by atoms with Gasteiger partial charge < -0.3 is 10.0 Å². The minimum atomic E-state index is -0.465. The highest BCUT2D eigenvalue weighted by Gasteiger charge is 2.25. The van der Waals surface area contributed by atoms with Crippen molar-refractivity contribution in [1.29, 1.82) is 0 Å². The molecule has 6 nitrogen and oxygen atoms in total. The molecular formula is C20H22N4O2S. The molecule has 2 N–H and O–H groups in total. The maximum atomic E-state index is 12.7. The Hall–Kier alpha value is -2.48. The van der Waals surface area contributed by atoms with Crippen LogP contribution in [-0.2, 0) is 0 Å². The molecule has 3 aromatic rings. The van der Waals surface area contributed by atoms with E-state index in [1.165, 1.54) is 0 Å². The lowest BCUT2D eigenvalue weighted by molar-refractivity contribution is 0.0528. The number of piperazine rings is 1. The quantitative estimate of drug-likeness (QED) is 0.712. The van der Waals surface area contributed by atoms with Crippen LogP contribution in [0.4, 0.5) is 0 Å². The van der Waals surface area contributed by atoms with Crippen LogP contribution in [0.3, 0.4) is 0 Å². The van der Waals surface area contributed by atoms with Gasteiger partial charge in [0.1, 0.15) is 11.8 Å². The summed E-state index contributed by atoms with van der Waals surface area (Å²) in [6, 6.07) is 15.5. The predicted molar refractivity (Wildman–Crippen MR) is 106 cm³/mol. The van der Waals surface area contributed by atoms with Gasteiger partial charge in [-0.15, -0.1) is 11.3 Å². The van der Waals surface area contributed by atoms with Crippen LogP contribution in [0.5, 0.6) is 0 Å². The number of thiophene rings is 1. The van der Waals surface area contributed by atoms with E-state index in [0.717, 1.165) is 29.2 Å². The summed E-state index contributed by atoms with van der Waals surface area (Å²) in [5.41, 5.74) is 2.28. The number of nitrogens with one attached hydrogen (secondary N) is 1. The van der Waals surface area contributed by atoms with E-state index in [4.69, 9.17) is 0 Å². The minimum Gasteiger partial charge on any atom is -0.386 e. The monoisotopic (exact) mass is 382 g/mol. The van der Waals surface area contributed by atoms with Crippen LogP contribution in [0.15, 0.2) is 53.9 Å². The standard InChI is InChI=1S/C20H22N4O2S/c25-18(19-7-4-12-27-19)14-23-8-10-24(11-9-23)20(26)17-13-16(21-22-17)15-5-2-1-3-6-15/h1-7,12-13,18,25H,8-11,14H2,(H,21,22). The van der Waals surface area contributed by atoms with Crippen molar-refractivity contribution in [3.8, 4) is 11.3 Å². The van der Waals surface area contributed by atoms with E-state index in [1.54, 1.807) is 11.3 Å². The van der Waals surface area contributed by atoms with Crippen LogP contribution in [-0.4, -0.2) is 63.7 Å². The molecule has 0 spiro atoms. The van der Waals surface area contributed by atoms with Crippen molar-refractivity contribution in [3.05, 3.63) is 64.5 Å². The molecule has 1 aromatic carbocycles. The number of nitrogens with zero attached hydrogens (tertiary/aromatic N) is 3. The summed E-state index contributed by atoms with van der Waals surface area (Å²) in [7, 11) is 0. The first kappa shape index (κ1) is 17.9. The molecule has 1 saturated heterocycles. The highest BCUT2D eigenvalue weighted by Crippen LogP contribution is 2.21. The summed E-state index contributed by atoms with van der Waals surface area (Å²) < 4.78 is 0. The zero-order chi connectivity index (χ0) is 18.6. The maximum absolute atomic E-state index is 12.7. The Labute approximate surface area is 162 Å². The highest BCUT2D eigenvalue weighted by atomic mass is 32.1. The van der Waals surface area contributed by atoms with Crippen LogP contribution in [0.1, 0.15) is 21.5 Å². The average molecular weight is 382 g/mol. The Morgan fingerprint density at radius 3 is 2.63 bits per heavy atom. The highest BCUT2D eigenvalue weighted by molar-refractivity contribution is 7.10. The average Bonchev–Trinajstić information content (AvgIpc) is 3.41. The Balaban J connectivity index is 1.33. The van der Waals surface area contributed by atoms with Gasteiger partial charge in [0, 0.05) is 43.2 Å². The number of hydrogen-bond donors (Lipinski definition) is 2. The fourth-order valence-corrected chi connectivity index (χ4v) is 4.01.